The molecule has 1 rings (SSSR count). The zero-order valence-corrected chi connectivity index (χ0v) is 7.94. The van der Waals surface area contributed by atoms with Crippen LogP contribution in [0.3, 0.4) is 0 Å². The minimum absolute atomic E-state index is 0.434. The normalized spacial score (nSPS) is 26.1. The topological polar surface area (TPSA) is 50.8 Å². The van der Waals surface area contributed by atoms with Crippen LogP contribution in [0.4, 0.5) is 0 Å². The average Bonchev–Trinajstić information content (AvgIpc) is 2.51. The van der Waals surface area contributed by atoms with E-state index in [1.165, 1.54) is 0 Å². The molecule has 0 amide bonds. The molecular weight excluding hydrogens is 164 g/mol. The van der Waals surface area contributed by atoms with Crippen molar-refractivity contribution in [2.45, 2.75) is 13.0 Å². The van der Waals surface area contributed by atoms with Gasteiger partial charge < -0.3 is 4.90 Å². The first-order valence-electron chi connectivity index (χ1n) is 4.24. The smallest absolute Gasteiger partial charge is 0.268 e. The van der Waals surface area contributed by atoms with Crippen LogP contribution in [0.1, 0.15) is 6.92 Å². The standard InChI is InChI=1S/C9H13N4/c1-3-13(9(6-10)7-11)5-4-12(2)8-13/h4-5,9H,3,8H2,1-2H3/q+1. The third-order valence-corrected chi connectivity index (χ3v) is 2.45. The zero-order chi connectivity index (χ0) is 9.90. The summed E-state index contributed by atoms with van der Waals surface area (Å²) in [5.41, 5.74) is 0. The van der Waals surface area contributed by atoms with E-state index in [4.69, 9.17) is 10.5 Å². The molecule has 4 nitrogen and oxygen atoms in total. The van der Waals surface area contributed by atoms with Crippen LogP contribution >= 0.6 is 0 Å². The molecule has 68 valence electrons. The maximum atomic E-state index is 8.83. The van der Waals surface area contributed by atoms with Gasteiger partial charge in [-0.1, -0.05) is 0 Å². The van der Waals surface area contributed by atoms with Crippen molar-refractivity contribution in [2.75, 3.05) is 20.3 Å². The van der Waals surface area contributed by atoms with Crippen LogP contribution in [0.5, 0.6) is 0 Å². The first-order chi connectivity index (χ1) is 6.18. The number of nitriles is 2. The Morgan fingerprint density at radius 1 is 1.54 bits per heavy atom. The molecule has 13 heavy (non-hydrogen) atoms. The van der Waals surface area contributed by atoms with E-state index in [1.807, 2.05) is 43.4 Å². The number of hydrogen-bond acceptors (Lipinski definition) is 3. The van der Waals surface area contributed by atoms with Crippen LogP contribution in [0.15, 0.2) is 12.4 Å². The summed E-state index contributed by atoms with van der Waals surface area (Å²) in [5.74, 6) is 0. The van der Waals surface area contributed by atoms with E-state index in [0.717, 1.165) is 6.54 Å². The van der Waals surface area contributed by atoms with E-state index in [2.05, 4.69) is 0 Å². The molecule has 1 heterocycles. The fourth-order valence-corrected chi connectivity index (χ4v) is 1.57. The van der Waals surface area contributed by atoms with Crippen LogP contribution in [0, 0.1) is 22.7 Å². The molecule has 0 aromatic rings. The average molecular weight is 177 g/mol. The van der Waals surface area contributed by atoms with Gasteiger partial charge in [-0.3, -0.25) is 4.48 Å². The second-order valence-corrected chi connectivity index (χ2v) is 3.28. The number of nitrogens with zero attached hydrogens (tertiary/aromatic N) is 4. The molecule has 0 aromatic heterocycles. The van der Waals surface area contributed by atoms with Crippen molar-refractivity contribution in [1.82, 2.24) is 4.90 Å². The molecule has 1 atom stereocenters. The molecule has 0 N–H and O–H groups in total. The Morgan fingerprint density at radius 2 is 2.15 bits per heavy atom. The molecular formula is C9H13N4+. The predicted molar refractivity (Wildman–Crippen MR) is 47.6 cm³/mol. The van der Waals surface area contributed by atoms with Crippen molar-refractivity contribution in [1.29, 1.82) is 10.5 Å². The lowest BCUT2D eigenvalue weighted by Gasteiger charge is -2.31. The van der Waals surface area contributed by atoms with Crippen LogP contribution in [-0.2, 0) is 0 Å². The monoisotopic (exact) mass is 177 g/mol. The summed E-state index contributed by atoms with van der Waals surface area (Å²) in [6, 6.07) is 3.49. The summed E-state index contributed by atoms with van der Waals surface area (Å²) in [7, 11) is 1.94. The molecule has 0 saturated heterocycles. The summed E-state index contributed by atoms with van der Waals surface area (Å²) in [5, 5.41) is 17.7. The predicted octanol–water partition coefficient (Wildman–Crippen LogP) is 0.613. The molecule has 0 aliphatic carbocycles. The summed E-state index contributed by atoms with van der Waals surface area (Å²) < 4.78 is 0.434. The highest BCUT2D eigenvalue weighted by Gasteiger charge is 2.38. The molecule has 0 aromatic carbocycles. The molecule has 1 aliphatic rings. The van der Waals surface area contributed by atoms with Gasteiger partial charge in [-0.15, -0.1) is 0 Å². The van der Waals surface area contributed by atoms with Crippen molar-refractivity contribution in [2.24, 2.45) is 0 Å². The fourth-order valence-electron chi connectivity index (χ4n) is 1.57. The van der Waals surface area contributed by atoms with Crippen molar-refractivity contribution < 1.29 is 4.48 Å². The Hall–Kier alpha value is -1.52. The Balaban J connectivity index is 2.92. The van der Waals surface area contributed by atoms with Gasteiger partial charge in [0.25, 0.3) is 6.04 Å². The van der Waals surface area contributed by atoms with Gasteiger partial charge >= 0.3 is 0 Å². The Kier molecular flexibility index (Phi) is 2.55. The maximum Gasteiger partial charge on any atom is 0.268 e. The van der Waals surface area contributed by atoms with E-state index in [0.29, 0.717) is 11.2 Å². The van der Waals surface area contributed by atoms with E-state index >= 15 is 0 Å². The highest BCUT2D eigenvalue weighted by atomic mass is 15.5. The summed E-state index contributed by atoms with van der Waals surface area (Å²) in [4.78, 5) is 1.99. The third kappa shape index (κ3) is 1.49. The summed E-state index contributed by atoms with van der Waals surface area (Å²) in [6.45, 7) is 3.47. The van der Waals surface area contributed by atoms with Gasteiger partial charge in [0.1, 0.15) is 18.3 Å². The number of quaternary nitrogens is 1. The van der Waals surface area contributed by atoms with Gasteiger partial charge in [0, 0.05) is 7.05 Å². The Morgan fingerprint density at radius 3 is 2.46 bits per heavy atom. The second-order valence-electron chi connectivity index (χ2n) is 3.28. The van der Waals surface area contributed by atoms with Crippen molar-refractivity contribution in [3.63, 3.8) is 0 Å². The van der Waals surface area contributed by atoms with Crippen LogP contribution < -0.4 is 0 Å². The summed E-state index contributed by atoms with van der Waals surface area (Å²) in [6.07, 6.45) is 3.85. The maximum absolute atomic E-state index is 8.83. The molecule has 0 saturated carbocycles. The quantitative estimate of drug-likeness (QED) is 0.581. The van der Waals surface area contributed by atoms with E-state index < -0.39 is 6.04 Å². The van der Waals surface area contributed by atoms with Crippen molar-refractivity contribution >= 4 is 0 Å². The molecule has 0 spiro atoms. The molecule has 4 heteroatoms. The zero-order valence-electron chi connectivity index (χ0n) is 7.94. The lowest BCUT2D eigenvalue weighted by atomic mass is 10.2. The van der Waals surface area contributed by atoms with Gasteiger partial charge in [-0.25, -0.2) is 0 Å². The van der Waals surface area contributed by atoms with E-state index in [-0.39, 0.29) is 0 Å². The first-order valence-corrected chi connectivity index (χ1v) is 4.24. The van der Waals surface area contributed by atoms with Gasteiger partial charge in [-0.2, -0.15) is 10.5 Å². The lowest BCUT2D eigenvalue weighted by Crippen LogP contribution is -2.50. The molecule has 1 unspecified atom stereocenters. The highest BCUT2D eigenvalue weighted by molar-refractivity contribution is 5.04. The Bertz CT molecular complexity index is 282. The van der Waals surface area contributed by atoms with Gasteiger partial charge in [0.2, 0.25) is 0 Å². The minimum atomic E-state index is -0.591. The molecule has 0 bridgehead atoms. The van der Waals surface area contributed by atoms with E-state index in [9.17, 15) is 0 Å². The van der Waals surface area contributed by atoms with Gasteiger partial charge in [0.15, 0.2) is 6.67 Å². The van der Waals surface area contributed by atoms with Crippen LogP contribution in [0.2, 0.25) is 0 Å². The molecule has 0 radical (unpaired) electrons. The van der Waals surface area contributed by atoms with Crippen LogP contribution in [0.25, 0.3) is 0 Å². The van der Waals surface area contributed by atoms with Crippen molar-refractivity contribution in [3.8, 4) is 12.1 Å². The highest BCUT2D eigenvalue weighted by Crippen LogP contribution is 2.20. The Labute approximate surface area is 78.5 Å². The molecule has 0 fully saturated rings. The third-order valence-electron chi connectivity index (χ3n) is 2.45. The minimum Gasteiger partial charge on any atom is -0.329 e. The first kappa shape index (κ1) is 9.57. The largest absolute Gasteiger partial charge is 0.329 e. The second kappa shape index (κ2) is 3.47. The number of hydrogen-bond donors (Lipinski definition) is 0. The van der Waals surface area contributed by atoms with Crippen LogP contribution in [-0.4, -0.2) is 35.7 Å². The SMILES string of the molecule is CC[N+]1(C(C#N)C#N)C=CN(C)C1. The number of rotatable bonds is 2. The van der Waals surface area contributed by atoms with E-state index in [1.54, 1.807) is 0 Å². The fraction of sp³-hybridized carbons (Fsp3) is 0.556. The van der Waals surface area contributed by atoms with Gasteiger partial charge in [0.05, 0.1) is 12.7 Å². The molecule has 1 aliphatic heterocycles. The summed E-state index contributed by atoms with van der Waals surface area (Å²) >= 11 is 0. The lowest BCUT2D eigenvalue weighted by molar-refractivity contribution is -0.888. The van der Waals surface area contributed by atoms with Gasteiger partial charge in [-0.05, 0) is 6.92 Å². The van der Waals surface area contributed by atoms with Crippen molar-refractivity contribution in [3.05, 3.63) is 12.4 Å².